The summed E-state index contributed by atoms with van der Waals surface area (Å²) in [4.78, 5) is 0. The van der Waals surface area contributed by atoms with Gasteiger partial charge in [-0.05, 0) is 89.1 Å². The van der Waals surface area contributed by atoms with Crippen molar-refractivity contribution in [1.29, 1.82) is 0 Å². The van der Waals surface area contributed by atoms with Gasteiger partial charge in [-0.1, -0.05) is 90.1 Å². The molecule has 5 aromatic carbocycles. The van der Waals surface area contributed by atoms with Gasteiger partial charge >= 0.3 is 0 Å². The molecule has 174 valence electrons. The molecule has 0 saturated heterocycles. The summed E-state index contributed by atoms with van der Waals surface area (Å²) in [7, 11) is 0. The van der Waals surface area contributed by atoms with Crippen LogP contribution in [-0.2, 0) is 10.8 Å². The molecule has 0 radical (unpaired) electrons. The van der Waals surface area contributed by atoms with Gasteiger partial charge in [0.2, 0.25) is 0 Å². The van der Waals surface area contributed by atoms with E-state index in [9.17, 15) is 0 Å². The molecule has 1 aliphatic rings. The first-order valence-electron chi connectivity index (χ1n) is 12.6. The molecule has 2 heteroatoms. The lowest BCUT2D eigenvalue weighted by molar-refractivity contribution is 0.125. The van der Waals surface area contributed by atoms with E-state index < -0.39 is 0 Å². The van der Waals surface area contributed by atoms with Crippen LogP contribution < -0.4 is 0 Å². The molecule has 1 aliphatic carbocycles. The Labute approximate surface area is 215 Å². The second-order valence-corrected chi connectivity index (χ2v) is 12.9. The molecule has 6 aromatic rings. The summed E-state index contributed by atoms with van der Waals surface area (Å²) >= 11 is 4.03. The van der Waals surface area contributed by atoms with Gasteiger partial charge in [-0.15, -0.1) is 0 Å². The van der Waals surface area contributed by atoms with E-state index >= 15 is 0 Å². The molecule has 0 saturated carbocycles. The minimum absolute atomic E-state index is 0.0561. The van der Waals surface area contributed by atoms with Crippen LogP contribution >= 0.6 is 15.9 Å². The van der Waals surface area contributed by atoms with E-state index in [1.165, 1.54) is 60.2 Å². The van der Waals surface area contributed by atoms with Crippen LogP contribution in [0.2, 0.25) is 0 Å². The number of nitrogens with zero attached hydrogens (tertiary/aromatic N) is 1. The third-order valence-electron chi connectivity index (χ3n) is 10.1. The van der Waals surface area contributed by atoms with Crippen molar-refractivity contribution >= 4 is 59.3 Å². The SMILES string of the molecule is CC1(C)c2cc(Br)c(-n3c4cccc5c6ccccc6c6cccc3c6c54)cc2C(C)(C)C1(C)C. The number of benzene rings is 5. The van der Waals surface area contributed by atoms with Crippen molar-refractivity contribution in [2.24, 2.45) is 5.41 Å². The van der Waals surface area contributed by atoms with Crippen molar-refractivity contribution in [3.05, 3.63) is 88.4 Å². The number of hydrogen-bond acceptors (Lipinski definition) is 0. The van der Waals surface area contributed by atoms with Crippen molar-refractivity contribution in [2.75, 3.05) is 0 Å². The van der Waals surface area contributed by atoms with E-state index in [2.05, 4.69) is 135 Å². The molecular formula is C33H30BrN. The van der Waals surface area contributed by atoms with Crippen LogP contribution in [0.3, 0.4) is 0 Å². The van der Waals surface area contributed by atoms with Crippen molar-refractivity contribution in [2.45, 2.75) is 52.4 Å². The number of rotatable bonds is 1. The molecule has 0 aliphatic heterocycles. The smallest absolute Gasteiger partial charge is 0.0607 e. The zero-order valence-corrected chi connectivity index (χ0v) is 22.8. The molecule has 0 fully saturated rings. The van der Waals surface area contributed by atoms with E-state index in [1.807, 2.05) is 0 Å². The monoisotopic (exact) mass is 519 g/mol. The highest BCUT2D eigenvalue weighted by Gasteiger charge is 2.57. The fourth-order valence-electron chi connectivity index (χ4n) is 6.99. The lowest BCUT2D eigenvalue weighted by Crippen LogP contribution is -2.42. The van der Waals surface area contributed by atoms with Crippen LogP contribution in [0.5, 0.6) is 0 Å². The van der Waals surface area contributed by atoms with Gasteiger partial charge in [-0.25, -0.2) is 0 Å². The highest BCUT2D eigenvalue weighted by atomic mass is 79.9. The van der Waals surface area contributed by atoms with Crippen LogP contribution in [0.15, 0.2) is 77.3 Å². The van der Waals surface area contributed by atoms with Crippen LogP contribution in [0, 0.1) is 5.41 Å². The van der Waals surface area contributed by atoms with Gasteiger partial charge in [0.05, 0.1) is 16.7 Å². The summed E-state index contributed by atoms with van der Waals surface area (Å²) < 4.78 is 3.65. The first-order chi connectivity index (χ1) is 16.6. The average molecular weight is 521 g/mol. The Balaban J connectivity index is 1.66. The van der Waals surface area contributed by atoms with Gasteiger partial charge in [0.15, 0.2) is 0 Å². The summed E-state index contributed by atoms with van der Waals surface area (Å²) in [5, 5.41) is 8.05. The molecule has 0 unspecified atom stereocenters. The van der Waals surface area contributed by atoms with Crippen LogP contribution in [-0.4, -0.2) is 4.57 Å². The molecule has 0 bridgehead atoms. The summed E-state index contributed by atoms with van der Waals surface area (Å²) in [6.45, 7) is 14.5. The normalized spacial score (nSPS) is 18.3. The Morgan fingerprint density at radius 3 is 1.54 bits per heavy atom. The first kappa shape index (κ1) is 21.4. The Morgan fingerprint density at radius 2 is 1.03 bits per heavy atom. The van der Waals surface area contributed by atoms with Crippen LogP contribution in [0.25, 0.3) is 49.0 Å². The lowest BCUT2D eigenvalue weighted by Gasteiger charge is -2.44. The third-order valence-corrected chi connectivity index (χ3v) is 10.8. The molecule has 35 heavy (non-hydrogen) atoms. The van der Waals surface area contributed by atoms with Gasteiger partial charge < -0.3 is 4.57 Å². The topological polar surface area (TPSA) is 4.93 Å². The Bertz CT molecular complexity index is 1740. The highest BCUT2D eigenvalue weighted by Crippen LogP contribution is 2.62. The molecule has 0 N–H and O–H groups in total. The number of aromatic nitrogens is 1. The van der Waals surface area contributed by atoms with Gasteiger partial charge in [-0.2, -0.15) is 0 Å². The molecule has 0 amide bonds. The number of halogens is 1. The largest absolute Gasteiger partial charge is 0.308 e. The van der Waals surface area contributed by atoms with E-state index in [0.717, 1.165) is 4.47 Å². The minimum Gasteiger partial charge on any atom is -0.308 e. The standard InChI is InChI=1S/C33H30BrN/c1-31(2)23-17-25(34)28(18-24(23)32(3,4)33(31,5)6)35-26-15-9-13-21-19-11-7-8-12-20(19)22-14-10-16-27(35)30(22)29(21)26/h7-18H,1-6H3. The molecule has 7 rings (SSSR count). The fraction of sp³-hybridized carbons (Fsp3) is 0.273. The highest BCUT2D eigenvalue weighted by molar-refractivity contribution is 9.10. The second kappa shape index (κ2) is 6.48. The maximum Gasteiger partial charge on any atom is 0.0607 e. The van der Waals surface area contributed by atoms with Crippen LogP contribution in [0.1, 0.15) is 52.7 Å². The lowest BCUT2D eigenvalue weighted by atomic mass is 9.59. The van der Waals surface area contributed by atoms with E-state index in [1.54, 1.807) is 0 Å². The first-order valence-corrected chi connectivity index (χ1v) is 13.4. The maximum atomic E-state index is 4.03. The molecule has 1 heterocycles. The summed E-state index contributed by atoms with van der Waals surface area (Å²) in [5.41, 5.74) is 6.97. The van der Waals surface area contributed by atoms with Crippen molar-refractivity contribution in [3.8, 4) is 5.69 Å². The quantitative estimate of drug-likeness (QED) is 0.190. The van der Waals surface area contributed by atoms with Crippen molar-refractivity contribution in [1.82, 2.24) is 4.57 Å². The Kier molecular flexibility index (Phi) is 3.97. The van der Waals surface area contributed by atoms with E-state index in [0.29, 0.717) is 0 Å². The molecule has 1 aromatic heterocycles. The van der Waals surface area contributed by atoms with Gasteiger partial charge in [0.1, 0.15) is 0 Å². The van der Waals surface area contributed by atoms with Gasteiger partial charge in [0, 0.05) is 15.2 Å². The average Bonchev–Trinajstić information content (AvgIpc) is 3.22. The second-order valence-electron chi connectivity index (χ2n) is 12.0. The molecule has 1 nitrogen and oxygen atoms in total. The predicted molar refractivity (Wildman–Crippen MR) is 155 cm³/mol. The Morgan fingerprint density at radius 1 is 0.571 bits per heavy atom. The predicted octanol–water partition coefficient (Wildman–Crippen LogP) is 9.89. The van der Waals surface area contributed by atoms with Crippen molar-refractivity contribution in [3.63, 3.8) is 0 Å². The van der Waals surface area contributed by atoms with Crippen LogP contribution in [0.4, 0.5) is 0 Å². The number of hydrogen-bond donors (Lipinski definition) is 0. The molecule has 0 spiro atoms. The summed E-state index contributed by atoms with van der Waals surface area (Å²) in [6.07, 6.45) is 0. The minimum atomic E-state index is 0.0561. The van der Waals surface area contributed by atoms with Gasteiger partial charge in [0.25, 0.3) is 0 Å². The molecule has 0 atom stereocenters. The Hall–Kier alpha value is -2.84. The zero-order valence-electron chi connectivity index (χ0n) is 21.3. The van der Waals surface area contributed by atoms with E-state index in [4.69, 9.17) is 0 Å². The zero-order chi connectivity index (χ0) is 24.5. The summed E-state index contributed by atoms with van der Waals surface area (Å²) in [6, 6.07) is 27.3. The third kappa shape index (κ3) is 2.35. The van der Waals surface area contributed by atoms with Gasteiger partial charge in [-0.3, -0.25) is 0 Å². The fourth-order valence-corrected chi connectivity index (χ4v) is 7.51. The van der Waals surface area contributed by atoms with E-state index in [-0.39, 0.29) is 16.2 Å². The molecular weight excluding hydrogens is 490 g/mol. The summed E-state index contributed by atoms with van der Waals surface area (Å²) in [5.74, 6) is 0. The maximum absolute atomic E-state index is 4.03. The number of fused-ring (bicyclic) bond motifs is 4. The van der Waals surface area contributed by atoms with Crippen molar-refractivity contribution < 1.29 is 0 Å².